The summed E-state index contributed by atoms with van der Waals surface area (Å²) in [6.45, 7) is 4.37. The maximum absolute atomic E-state index is 10.8. The van der Waals surface area contributed by atoms with Crippen molar-refractivity contribution in [3.8, 4) is 0 Å². The van der Waals surface area contributed by atoms with Crippen molar-refractivity contribution < 1.29 is 4.79 Å². The average Bonchev–Trinajstić information content (AvgIpc) is 2.96. The summed E-state index contributed by atoms with van der Waals surface area (Å²) in [5, 5.41) is 7.98. The highest BCUT2D eigenvalue weighted by molar-refractivity contribution is 5.73. The van der Waals surface area contributed by atoms with Crippen molar-refractivity contribution >= 4 is 6.29 Å². The van der Waals surface area contributed by atoms with Crippen molar-refractivity contribution in [1.29, 1.82) is 0 Å². The number of aromatic nitrogens is 3. The molecule has 0 aliphatic heterocycles. The van der Waals surface area contributed by atoms with Crippen LogP contribution in [-0.2, 0) is 6.42 Å². The van der Waals surface area contributed by atoms with E-state index in [0.717, 1.165) is 24.8 Å². The van der Waals surface area contributed by atoms with Gasteiger partial charge in [-0.05, 0) is 31.6 Å². The molecule has 1 aromatic heterocycles. The minimum Gasteiger partial charge on any atom is -0.296 e. The fraction of sp³-hybridized carbons (Fsp3) is 0.727. The third-order valence-electron chi connectivity index (χ3n) is 2.78. The number of rotatable bonds is 5. The molecule has 0 amide bonds. The number of nitrogens with zero attached hydrogens (tertiary/aromatic N) is 3. The molecule has 0 unspecified atom stereocenters. The molecular weight excluding hydrogens is 190 g/mol. The molecule has 1 aliphatic rings. The Bertz CT molecular complexity index is 353. The summed E-state index contributed by atoms with van der Waals surface area (Å²) in [5.74, 6) is 0.645. The van der Waals surface area contributed by atoms with Gasteiger partial charge in [-0.25, -0.2) is 4.68 Å². The highest BCUT2D eigenvalue weighted by Gasteiger charge is 2.28. The van der Waals surface area contributed by atoms with Crippen molar-refractivity contribution in [2.75, 3.05) is 0 Å². The summed E-state index contributed by atoms with van der Waals surface area (Å²) in [4.78, 5) is 10.8. The molecule has 15 heavy (non-hydrogen) atoms. The third kappa shape index (κ3) is 2.25. The average molecular weight is 207 g/mol. The number of aldehydes is 1. The van der Waals surface area contributed by atoms with E-state index in [9.17, 15) is 4.79 Å². The smallest absolute Gasteiger partial charge is 0.172 e. The monoisotopic (exact) mass is 207 g/mol. The molecule has 0 spiro atoms. The second-order valence-corrected chi connectivity index (χ2v) is 4.65. The van der Waals surface area contributed by atoms with Crippen LogP contribution in [0.15, 0.2) is 0 Å². The number of carbonyl (C=O) groups is 1. The Hall–Kier alpha value is -1.19. The highest BCUT2D eigenvalue weighted by Crippen LogP contribution is 2.35. The van der Waals surface area contributed by atoms with Crippen LogP contribution in [0.3, 0.4) is 0 Å². The molecule has 0 bridgehead atoms. The molecule has 1 aromatic rings. The van der Waals surface area contributed by atoms with Crippen LogP contribution in [0, 0.1) is 5.92 Å². The van der Waals surface area contributed by atoms with E-state index in [4.69, 9.17) is 0 Å². The third-order valence-corrected chi connectivity index (χ3v) is 2.78. The molecule has 0 aromatic carbocycles. The Labute approximate surface area is 89.7 Å². The lowest BCUT2D eigenvalue weighted by atomic mass is 10.1. The van der Waals surface area contributed by atoms with Gasteiger partial charge in [0.05, 0.1) is 11.7 Å². The maximum atomic E-state index is 10.8. The molecule has 82 valence electrons. The molecule has 2 rings (SSSR count). The predicted molar refractivity (Wildman–Crippen MR) is 56.8 cm³/mol. The lowest BCUT2D eigenvalue weighted by Crippen LogP contribution is -2.05. The van der Waals surface area contributed by atoms with E-state index >= 15 is 0 Å². The normalized spacial score (nSPS) is 15.9. The first-order valence-electron chi connectivity index (χ1n) is 5.61. The Balaban J connectivity index is 2.16. The largest absolute Gasteiger partial charge is 0.296 e. The molecule has 0 N–H and O–H groups in total. The van der Waals surface area contributed by atoms with Gasteiger partial charge in [0, 0.05) is 0 Å². The van der Waals surface area contributed by atoms with Crippen LogP contribution in [0.1, 0.15) is 55.3 Å². The molecular formula is C11H17N3O. The van der Waals surface area contributed by atoms with E-state index in [0.29, 0.717) is 17.7 Å². The molecule has 0 saturated heterocycles. The van der Waals surface area contributed by atoms with Crippen LogP contribution in [0.4, 0.5) is 0 Å². The zero-order valence-corrected chi connectivity index (χ0v) is 9.31. The van der Waals surface area contributed by atoms with Crippen LogP contribution in [0.2, 0.25) is 0 Å². The van der Waals surface area contributed by atoms with Crippen LogP contribution < -0.4 is 0 Å². The van der Waals surface area contributed by atoms with Gasteiger partial charge in [0.25, 0.3) is 0 Å². The van der Waals surface area contributed by atoms with E-state index in [-0.39, 0.29) is 0 Å². The van der Waals surface area contributed by atoms with Crippen LogP contribution in [-0.4, -0.2) is 21.3 Å². The van der Waals surface area contributed by atoms with Gasteiger partial charge >= 0.3 is 0 Å². The molecule has 4 heteroatoms. The summed E-state index contributed by atoms with van der Waals surface area (Å²) >= 11 is 0. The van der Waals surface area contributed by atoms with E-state index in [2.05, 4.69) is 24.2 Å². The van der Waals surface area contributed by atoms with Gasteiger partial charge in [-0.15, -0.1) is 5.10 Å². The fourth-order valence-electron chi connectivity index (χ4n) is 1.70. The minimum absolute atomic E-state index is 0.508. The zero-order valence-electron chi connectivity index (χ0n) is 9.31. The van der Waals surface area contributed by atoms with Gasteiger partial charge in [0.2, 0.25) is 0 Å². The van der Waals surface area contributed by atoms with Crippen LogP contribution in [0.5, 0.6) is 0 Å². The Morgan fingerprint density at radius 2 is 2.27 bits per heavy atom. The summed E-state index contributed by atoms with van der Waals surface area (Å²) in [6, 6.07) is 0.508. The van der Waals surface area contributed by atoms with Crippen LogP contribution in [0.25, 0.3) is 0 Å². The standard InChI is InChI=1S/C11H17N3O/c1-8(2)3-6-11-10(7-15)12-13-14(11)9-4-5-9/h7-9H,3-6H2,1-2H3. The van der Waals surface area contributed by atoms with Crippen LogP contribution >= 0.6 is 0 Å². The second-order valence-electron chi connectivity index (χ2n) is 4.65. The van der Waals surface area contributed by atoms with Crippen molar-refractivity contribution in [2.45, 2.75) is 45.6 Å². The Kier molecular flexibility index (Phi) is 2.84. The van der Waals surface area contributed by atoms with Gasteiger partial charge in [0.15, 0.2) is 6.29 Å². The summed E-state index contributed by atoms with van der Waals surface area (Å²) in [6.07, 6.45) is 5.17. The molecule has 1 heterocycles. The van der Waals surface area contributed by atoms with E-state index < -0.39 is 0 Å². The molecule has 1 fully saturated rings. The van der Waals surface area contributed by atoms with Gasteiger partial charge in [-0.2, -0.15) is 0 Å². The van der Waals surface area contributed by atoms with Gasteiger partial charge in [0.1, 0.15) is 5.69 Å². The molecule has 1 aliphatic carbocycles. The minimum atomic E-state index is 0.508. The Morgan fingerprint density at radius 1 is 1.53 bits per heavy atom. The SMILES string of the molecule is CC(C)CCc1c(C=O)nnn1C1CC1. The van der Waals surface area contributed by atoms with Gasteiger partial charge in [-0.1, -0.05) is 19.1 Å². The topological polar surface area (TPSA) is 47.8 Å². The van der Waals surface area contributed by atoms with E-state index in [1.165, 1.54) is 12.8 Å². The van der Waals surface area contributed by atoms with Crippen molar-refractivity contribution in [3.05, 3.63) is 11.4 Å². The first-order valence-corrected chi connectivity index (χ1v) is 5.61. The lowest BCUT2D eigenvalue weighted by Gasteiger charge is -2.06. The van der Waals surface area contributed by atoms with Crippen molar-refractivity contribution in [2.24, 2.45) is 5.92 Å². The molecule has 0 atom stereocenters. The second kappa shape index (κ2) is 4.13. The highest BCUT2D eigenvalue weighted by atomic mass is 16.1. The first-order chi connectivity index (χ1) is 7.22. The van der Waals surface area contributed by atoms with Crippen molar-refractivity contribution in [1.82, 2.24) is 15.0 Å². The summed E-state index contributed by atoms with van der Waals surface area (Å²) < 4.78 is 1.95. The van der Waals surface area contributed by atoms with Gasteiger partial charge < -0.3 is 0 Å². The Morgan fingerprint density at radius 3 is 2.80 bits per heavy atom. The zero-order chi connectivity index (χ0) is 10.8. The quantitative estimate of drug-likeness (QED) is 0.694. The fourth-order valence-corrected chi connectivity index (χ4v) is 1.70. The summed E-state index contributed by atoms with van der Waals surface area (Å²) in [5.41, 5.74) is 1.56. The van der Waals surface area contributed by atoms with Crippen molar-refractivity contribution in [3.63, 3.8) is 0 Å². The van der Waals surface area contributed by atoms with E-state index in [1.807, 2.05) is 4.68 Å². The molecule has 1 saturated carbocycles. The maximum Gasteiger partial charge on any atom is 0.172 e. The number of hydrogen-bond donors (Lipinski definition) is 0. The molecule has 4 nitrogen and oxygen atoms in total. The lowest BCUT2D eigenvalue weighted by molar-refractivity contribution is 0.111. The van der Waals surface area contributed by atoms with Gasteiger partial charge in [-0.3, -0.25) is 4.79 Å². The summed E-state index contributed by atoms with van der Waals surface area (Å²) in [7, 11) is 0. The molecule has 0 radical (unpaired) electrons. The predicted octanol–water partition coefficient (Wildman–Crippen LogP) is 2.01. The first kappa shape index (κ1) is 10.3. The number of hydrogen-bond acceptors (Lipinski definition) is 3. The number of carbonyl (C=O) groups excluding carboxylic acids is 1. The van der Waals surface area contributed by atoms with E-state index in [1.54, 1.807) is 0 Å².